The number of hydrogen-bond acceptors (Lipinski definition) is 6. The van der Waals surface area contributed by atoms with Crippen molar-refractivity contribution in [1.82, 2.24) is 4.98 Å². The van der Waals surface area contributed by atoms with E-state index in [0.717, 1.165) is 73.8 Å². The summed E-state index contributed by atoms with van der Waals surface area (Å²) in [5.74, 6) is 1.05. The third-order valence-electron chi connectivity index (χ3n) is 6.97. The van der Waals surface area contributed by atoms with E-state index in [1.54, 1.807) is 13.3 Å². The molecule has 5 rings (SSSR count). The molecule has 1 atom stereocenters. The number of carbonyl (C=O) groups is 1. The maximum Gasteiger partial charge on any atom is 0.230 e. The Morgan fingerprint density at radius 3 is 2.84 bits per heavy atom. The number of aromatic nitrogens is 1. The van der Waals surface area contributed by atoms with E-state index in [-0.39, 0.29) is 24.0 Å². The minimum absolute atomic E-state index is 0.0273. The monoisotopic (exact) mass is 436 g/mol. The van der Waals surface area contributed by atoms with Crippen LogP contribution in [0.3, 0.4) is 0 Å². The lowest BCUT2D eigenvalue weighted by Gasteiger charge is -2.35. The van der Waals surface area contributed by atoms with Crippen LogP contribution in [0.15, 0.2) is 36.5 Å². The number of benzene rings is 1. The van der Waals surface area contributed by atoms with Gasteiger partial charge < -0.3 is 24.6 Å². The summed E-state index contributed by atoms with van der Waals surface area (Å²) in [5.41, 5.74) is 4.01. The van der Waals surface area contributed by atoms with Crippen LogP contribution in [0, 0.1) is 5.92 Å². The topological polar surface area (TPSA) is 66.9 Å². The summed E-state index contributed by atoms with van der Waals surface area (Å²) in [6, 6.07) is 10.4. The van der Waals surface area contributed by atoms with Crippen LogP contribution in [0.2, 0.25) is 0 Å². The molecule has 2 aromatic rings. The molecule has 1 N–H and O–H groups in total. The highest BCUT2D eigenvalue weighted by Crippen LogP contribution is 2.40. The number of nitrogens with one attached hydrogen (secondary N) is 1. The predicted molar refractivity (Wildman–Crippen MR) is 126 cm³/mol. The first-order valence-corrected chi connectivity index (χ1v) is 11.7. The van der Waals surface area contributed by atoms with Gasteiger partial charge in [-0.3, -0.25) is 4.79 Å². The van der Waals surface area contributed by atoms with Gasteiger partial charge in [0, 0.05) is 43.6 Å². The molecule has 32 heavy (non-hydrogen) atoms. The fourth-order valence-electron chi connectivity index (χ4n) is 5.12. The maximum absolute atomic E-state index is 13.8. The Morgan fingerprint density at radius 1 is 1.22 bits per heavy atom. The van der Waals surface area contributed by atoms with Crippen molar-refractivity contribution in [3.8, 4) is 0 Å². The number of methoxy groups -OCH3 is 1. The molecular formula is C25H32N4O3. The zero-order valence-electron chi connectivity index (χ0n) is 18.9. The number of pyridine rings is 1. The van der Waals surface area contributed by atoms with Gasteiger partial charge in [-0.2, -0.15) is 0 Å². The molecule has 7 heteroatoms. The van der Waals surface area contributed by atoms with Crippen LogP contribution in [0.4, 0.5) is 22.9 Å². The summed E-state index contributed by atoms with van der Waals surface area (Å²) in [6.07, 6.45) is 5.89. The van der Waals surface area contributed by atoms with Gasteiger partial charge in [0.15, 0.2) is 0 Å². The molecule has 7 nitrogen and oxygen atoms in total. The third-order valence-corrected chi connectivity index (χ3v) is 6.97. The number of morpholine rings is 1. The number of fused-ring (bicyclic) bond motifs is 2. The first-order chi connectivity index (χ1) is 15.6. The Labute approximate surface area is 189 Å². The quantitative estimate of drug-likeness (QED) is 0.781. The van der Waals surface area contributed by atoms with E-state index >= 15 is 0 Å². The van der Waals surface area contributed by atoms with E-state index in [9.17, 15) is 4.79 Å². The molecule has 170 valence electrons. The first-order valence-electron chi connectivity index (χ1n) is 11.7. The third kappa shape index (κ3) is 4.19. The molecule has 0 spiro atoms. The largest absolute Gasteiger partial charge is 0.381 e. The van der Waals surface area contributed by atoms with Crippen molar-refractivity contribution in [2.24, 2.45) is 5.92 Å². The van der Waals surface area contributed by atoms with Crippen molar-refractivity contribution in [3.63, 3.8) is 0 Å². The molecule has 0 radical (unpaired) electrons. The molecule has 3 heterocycles. The lowest BCUT2D eigenvalue weighted by atomic mass is 9.86. The molecule has 0 bridgehead atoms. The number of rotatable bonds is 3. The van der Waals surface area contributed by atoms with Crippen molar-refractivity contribution in [1.29, 1.82) is 0 Å². The summed E-state index contributed by atoms with van der Waals surface area (Å²) in [5, 5.41) is 3.48. The molecule has 1 aromatic heterocycles. The molecule has 1 saturated carbocycles. The lowest BCUT2D eigenvalue weighted by molar-refractivity contribution is -0.124. The number of nitrogens with zero attached hydrogens (tertiary/aromatic N) is 3. The molecule has 2 fully saturated rings. The second-order valence-corrected chi connectivity index (χ2v) is 9.10. The highest BCUT2D eigenvalue weighted by atomic mass is 16.5. The molecule has 1 aromatic carbocycles. The smallest absolute Gasteiger partial charge is 0.230 e. The van der Waals surface area contributed by atoms with Crippen LogP contribution in [-0.4, -0.2) is 49.9 Å². The van der Waals surface area contributed by atoms with Crippen molar-refractivity contribution in [2.75, 3.05) is 41.9 Å². The fraction of sp³-hybridized carbons (Fsp3) is 0.520. The minimum atomic E-state index is 0.0273. The molecule has 1 unspecified atom stereocenters. The summed E-state index contributed by atoms with van der Waals surface area (Å²) in [4.78, 5) is 22.7. The zero-order chi connectivity index (χ0) is 22.1. The zero-order valence-corrected chi connectivity index (χ0v) is 18.9. The molecular weight excluding hydrogens is 404 g/mol. The summed E-state index contributed by atoms with van der Waals surface area (Å²) >= 11 is 0. The Hall–Kier alpha value is -2.64. The summed E-state index contributed by atoms with van der Waals surface area (Å²) < 4.78 is 11.2. The van der Waals surface area contributed by atoms with E-state index in [1.165, 1.54) is 0 Å². The van der Waals surface area contributed by atoms with Crippen LogP contribution in [0.25, 0.3) is 0 Å². The van der Waals surface area contributed by atoms with Gasteiger partial charge in [0.05, 0.1) is 36.7 Å². The van der Waals surface area contributed by atoms with E-state index < -0.39 is 0 Å². The molecule has 2 aliphatic heterocycles. The second-order valence-electron chi connectivity index (χ2n) is 9.10. The maximum atomic E-state index is 13.8. The van der Waals surface area contributed by atoms with Crippen molar-refractivity contribution >= 4 is 28.8 Å². The van der Waals surface area contributed by atoms with Gasteiger partial charge in [-0.25, -0.2) is 4.98 Å². The van der Waals surface area contributed by atoms with E-state index in [2.05, 4.69) is 40.3 Å². The second kappa shape index (κ2) is 9.08. The fourth-order valence-corrected chi connectivity index (χ4v) is 5.12. The highest BCUT2D eigenvalue weighted by molar-refractivity contribution is 6.00. The van der Waals surface area contributed by atoms with Crippen molar-refractivity contribution < 1.29 is 14.3 Å². The van der Waals surface area contributed by atoms with Gasteiger partial charge >= 0.3 is 0 Å². The Bertz CT molecular complexity index is 973. The highest BCUT2D eigenvalue weighted by Gasteiger charge is 2.33. The van der Waals surface area contributed by atoms with Crippen LogP contribution in [0.1, 0.15) is 38.2 Å². The number of hydrogen-bond donors (Lipinski definition) is 1. The Morgan fingerprint density at radius 2 is 2.06 bits per heavy atom. The summed E-state index contributed by atoms with van der Waals surface area (Å²) in [6.45, 7) is 5.05. The van der Waals surface area contributed by atoms with Crippen LogP contribution < -0.4 is 15.1 Å². The van der Waals surface area contributed by atoms with Gasteiger partial charge in [0.25, 0.3) is 0 Å². The first kappa shape index (κ1) is 21.2. The average Bonchev–Trinajstić information content (AvgIpc) is 3.00. The normalized spacial score (nSPS) is 25.4. The molecule has 3 aliphatic rings. The number of ether oxygens (including phenoxy) is 2. The Balaban J connectivity index is 1.49. The predicted octanol–water partition coefficient (Wildman–Crippen LogP) is 4.10. The van der Waals surface area contributed by atoms with Crippen molar-refractivity contribution in [3.05, 3.63) is 42.1 Å². The van der Waals surface area contributed by atoms with E-state index in [1.807, 2.05) is 17.0 Å². The SMILES string of the molecule is CO[C@H]1CC[C@H](C(=O)N2Cc3cccnc3Nc3ccc(N4CCOC(C)C4)cc32)CC1. The summed E-state index contributed by atoms with van der Waals surface area (Å²) in [7, 11) is 1.77. The molecule has 1 amide bonds. The van der Waals surface area contributed by atoms with Gasteiger partial charge in [-0.05, 0) is 56.9 Å². The number of carbonyl (C=O) groups excluding carboxylic acids is 1. The van der Waals surface area contributed by atoms with Gasteiger partial charge in [0.2, 0.25) is 5.91 Å². The van der Waals surface area contributed by atoms with Gasteiger partial charge in [-0.1, -0.05) is 6.07 Å². The van der Waals surface area contributed by atoms with Gasteiger partial charge in [0.1, 0.15) is 5.82 Å². The average molecular weight is 437 g/mol. The molecule has 1 aliphatic carbocycles. The number of anilines is 4. The van der Waals surface area contributed by atoms with Crippen LogP contribution in [0.5, 0.6) is 0 Å². The number of amides is 1. The standard InChI is InChI=1S/C25H32N4O3/c1-17-15-28(12-13-32-17)20-7-10-22-23(14-20)29(16-19-4-3-11-26-24(19)27-22)25(30)18-5-8-21(31-2)9-6-18/h3-4,7,10-11,14,17-18,21H,5-6,8-9,12-13,15-16H2,1-2H3,(H,26,27)/t17?,18-,21-. The van der Waals surface area contributed by atoms with Crippen molar-refractivity contribution in [2.45, 2.75) is 51.4 Å². The van der Waals surface area contributed by atoms with E-state index in [4.69, 9.17) is 9.47 Å². The minimum Gasteiger partial charge on any atom is -0.381 e. The Kier molecular flexibility index (Phi) is 6.02. The lowest BCUT2D eigenvalue weighted by Crippen LogP contribution is -2.41. The van der Waals surface area contributed by atoms with Gasteiger partial charge in [-0.15, -0.1) is 0 Å². The van der Waals surface area contributed by atoms with Crippen LogP contribution in [-0.2, 0) is 20.8 Å². The van der Waals surface area contributed by atoms with Crippen LogP contribution >= 0.6 is 0 Å². The van der Waals surface area contributed by atoms with E-state index in [0.29, 0.717) is 6.54 Å². The molecule has 1 saturated heterocycles.